The molecule has 0 bridgehead atoms. The molecule has 0 radical (unpaired) electrons. The highest BCUT2D eigenvalue weighted by Crippen LogP contribution is 2.50. The first-order valence-electron chi connectivity index (χ1n) is 15.9. The molecule has 0 spiro atoms. The van der Waals surface area contributed by atoms with Crippen LogP contribution in [-0.2, 0) is 12.8 Å². The maximum Gasteiger partial charge on any atom is 0.169 e. The van der Waals surface area contributed by atoms with Crippen molar-refractivity contribution in [3.05, 3.63) is 44.0 Å². The van der Waals surface area contributed by atoms with Gasteiger partial charge >= 0.3 is 0 Å². The molecule has 0 aliphatic heterocycles. The number of benzene rings is 1. The van der Waals surface area contributed by atoms with Gasteiger partial charge in [0.05, 0.1) is 14.5 Å². The van der Waals surface area contributed by atoms with Crippen molar-refractivity contribution < 1.29 is 4.79 Å². The molecule has 4 aromatic heterocycles. The Morgan fingerprint density at radius 2 is 1.17 bits per heavy atom. The van der Waals surface area contributed by atoms with Crippen molar-refractivity contribution in [1.82, 2.24) is 0 Å². The largest absolute Gasteiger partial charge is 0.294 e. The van der Waals surface area contributed by atoms with E-state index in [0.717, 1.165) is 4.88 Å². The number of carbonyl (C=O) groups is 1. The lowest BCUT2D eigenvalue weighted by Gasteiger charge is -2.12. The van der Waals surface area contributed by atoms with Crippen molar-refractivity contribution in [2.75, 3.05) is 0 Å². The molecule has 1 aromatic carbocycles. The number of carbonyl (C=O) groups excluding carboxylic acids is 1. The van der Waals surface area contributed by atoms with Crippen LogP contribution >= 0.6 is 45.3 Å². The zero-order valence-corrected chi connectivity index (χ0v) is 28.9. The quantitative estimate of drug-likeness (QED) is 0.0790. The molecule has 0 fully saturated rings. The van der Waals surface area contributed by atoms with E-state index in [1.54, 1.807) is 34.1 Å². The highest BCUT2D eigenvalue weighted by atomic mass is 32.1. The molecular formula is C36H46OS4. The minimum absolute atomic E-state index is 0.177. The number of hydrogen-bond acceptors (Lipinski definition) is 5. The first kappa shape index (κ1) is 30.9. The predicted octanol–water partition coefficient (Wildman–Crippen LogP) is 13.7. The molecule has 0 atom stereocenters. The standard InChI is InChI=1S/C36H46OS4/c1-6-8-10-12-14-16-18-26-29-20-23(3)38-33(29)27(19-17-15-13-11-9-7-2)30-22-32(41-34(26)30)36-35-28(25(5)39-36)21-31(40-35)24(4)37/h20-22H,6-19H2,1-5H3. The normalized spacial score (nSPS) is 12.0. The van der Waals surface area contributed by atoms with Gasteiger partial charge in [-0.1, -0.05) is 78.1 Å². The molecule has 5 heteroatoms. The van der Waals surface area contributed by atoms with E-state index in [-0.39, 0.29) is 5.78 Å². The number of thiophene rings is 4. The van der Waals surface area contributed by atoms with Gasteiger partial charge in [0.25, 0.3) is 0 Å². The van der Waals surface area contributed by atoms with Crippen molar-refractivity contribution in [3.63, 3.8) is 0 Å². The van der Waals surface area contributed by atoms with Crippen LogP contribution < -0.4 is 0 Å². The van der Waals surface area contributed by atoms with E-state index in [1.807, 2.05) is 34.0 Å². The van der Waals surface area contributed by atoms with E-state index in [4.69, 9.17) is 0 Å². The van der Waals surface area contributed by atoms with E-state index in [0.29, 0.717) is 0 Å². The number of ketones is 1. The number of fused-ring (bicyclic) bond motifs is 3. The molecule has 5 rings (SSSR count). The molecule has 0 aliphatic rings. The van der Waals surface area contributed by atoms with Gasteiger partial charge in [-0.25, -0.2) is 0 Å². The summed E-state index contributed by atoms with van der Waals surface area (Å²) in [5, 5.41) is 4.32. The van der Waals surface area contributed by atoms with E-state index >= 15 is 0 Å². The van der Waals surface area contributed by atoms with Crippen molar-refractivity contribution in [3.8, 4) is 9.75 Å². The van der Waals surface area contributed by atoms with E-state index in [2.05, 4.69) is 45.9 Å². The van der Waals surface area contributed by atoms with Gasteiger partial charge < -0.3 is 0 Å². The van der Waals surface area contributed by atoms with E-state index in [1.165, 1.54) is 135 Å². The fourth-order valence-electron chi connectivity index (χ4n) is 6.23. The van der Waals surface area contributed by atoms with Crippen LogP contribution in [-0.4, -0.2) is 5.78 Å². The second-order valence-electron chi connectivity index (χ2n) is 11.8. The van der Waals surface area contributed by atoms with Gasteiger partial charge in [0, 0.05) is 29.4 Å². The lowest BCUT2D eigenvalue weighted by molar-refractivity contribution is 0.102. The van der Waals surface area contributed by atoms with Gasteiger partial charge in [-0.3, -0.25) is 4.79 Å². The highest BCUT2D eigenvalue weighted by molar-refractivity contribution is 7.31. The Kier molecular flexibility index (Phi) is 10.8. The molecular weight excluding hydrogens is 577 g/mol. The third kappa shape index (κ3) is 6.84. The third-order valence-corrected chi connectivity index (χ3v) is 13.5. The van der Waals surface area contributed by atoms with Gasteiger partial charge in [0.1, 0.15) is 0 Å². The summed E-state index contributed by atoms with van der Waals surface area (Å²) in [6, 6.07) is 7.14. The van der Waals surface area contributed by atoms with Crippen LogP contribution in [0.4, 0.5) is 0 Å². The summed E-state index contributed by atoms with van der Waals surface area (Å²) < 4.78 is 4.38. The topological polar surface area (TPSA) is 17.1 Å². The van der Waals surface area contributed by atoms with Crippen LogP contribution in [0.25, 0.3) is 40.0 Å². The second-order valence-corrected chi connectivity index (χ2v) is 16.4. The Morgan fingerprint density at radius 1 is 0.610 bits per heavy atom. The van der Waals surface area contributed by atoms with Crippen LogP contribution in [0.5, 0.6) is 0 Å². The van der Waals surface area contributed by atoms with Crippen molar-refractivity contribution >= 4 is 81.4 Å². The smallest absolute Gasteiger partial charge is 0.169 e. The van der Waals surface area contributed by atoms with Crippen LogP contribution in [0.15, 0.2) is 18.2 Å². The first-order valence-corrected chi connectivity index (χ1v) is 19.2. The molecule has 1 nitrogen and oxygen atoms in total. The van der Waals surface area contributed by atoms with Crippen LogP contribution in [0, 0.1) is 13.8 Å². The van der Waals surface area contributed by atoms with E-state index < -0.39 is 0 Å². The summed E-state index contributed by atoms with van der Waals surface area (Å²) >= 11 is 7.64. The Hall–Kier alpha value is -1.53. The summed E-state index contributed by atoms with van der Waals surface area (Å²) in [7, 11) is 0. The average molecular weight is 623 g/mol. The van der Waals surface area contributed by atoms with Crippen LogP contribution in [0.2, 0.25) is 0 Å². The highest BCUT2D eigenvalue weighted by Gasteiger charge is 2.22. The lowest BCUT2D eigenvalue weighted by atomic mass is 9.94. The first-order chi connectivity index (χ1) is 19.9. The summed E-state index contributed by atoms with van der Waals surface area (Å²) in [5.41, 5.74) is 3.19. The fourth-order valence-corrected chi connectivity index (χ4v) is 11.2. The molecule has 0 unspecified atom stereocenters. The SMILES string of the molecule is CCCCCCCCc1c2cc(-c3sc(C)c4cc(C(C)=O)sc34)sc2c(CCCCCCCC)c2cc(C)sc12. The summed E-state index contributed by atoms with van der Waals surface area (Å²) in [5.74, 6) is 0.177. The monoisotopic (exact) mass is 622 g/mol. The molecule has 4 heterocycles. The minimum atomic E-state index is 0.177. The molecule has 0 amide bonds. The third-order valence-electron chi connectivity index (χ3n) is 8.49. The van der Waals surface area contributed by atoms with Gasteiger partial charge in [-0.05, 0) is 86.6 Å². The second kappa shape index (κ2) is 14.3. The zero-order chi connectivity index (χ0) is 28.9. The van der Waals surface area contributed by atoms with Gasteiger partial charge in [-0.2, -0.15) is 0 Å². The van der Waals surface area contributed by atoms with Gasteiger partial charge in [0.15, 0.2) is 5.78 Å². The Morgan fingerprint density at radius 3 is 1.78 bits per heavy atom. The fraction of sp³-hybridized carbons (Fsp3) is 0.528. The molecule has 5 aromatic rings. The maximum atomic E-state index is 12.2. The maximum absolute atomic E-state index is 12.2. The van der Waals surface area contributed by atoms with Crippen molar-refractivity contribution in [1.29, 1.82) is 0 Å². The molecule has 0 saturated carbocycles. The van der Waals surface area contributed by atoms with Crippen LogP contribution in [0.3, 0.4) is 0 Å². The number of rotatable bonds is 16. The Labute approximate surface area is 263 Å². The summed E-state index contributed by atoms with van der Waals surface area (Å²) in [6.07, 6.45) is 18.4. The zero-order valence-electron chi connectivity index (χ0n) is 25.7. The number of unbranched alkanes of at least 4 members (excludes halogenated alkanes) is 10. The van der Waals surface area contributed by atoms with Crippen molar-refractivity contribution in [2.24, 2.45) is 0 Å². The van der Waals surface area contributed by atoms with Crippen molar-refractivity contribution in [2.45, 2.75) is 125 Å². The molecule has 220 valence electrons. The Balaban J connectivity index is 1.57. The number of Topliss-reactive ketones (excluding diaryl/α,β-unsaturated/α-hetero) is 1. The number of aryl methyl sites for hydroxylation is 4. The number of hydrogen-bond donors (Lipinski definition) is 0. The van der Waals surface area contributed by atoms with E-state index in [9.17, 15) is 4.79 Å². The minimum Gasteiger partial charge on any atom is -0.294 e. The molecule has 0 aliphatic carbocycles. The van der Waals surface area contributed by atoms with Gasteiger partial charge in [0.2, 0.25) is 0 Å². The molecule has 0 N–H and O–H groups in total. The lowest BCUT2D eigenvalue weighted by Crippen LogP contribution is -1.93. The van der Waals surface area contributed by atoms with Crippen LogP contribution in [0.1, 0.15) is 128 Å². The molecule has 41 heavy (non-hydrogen) atoms. The average Bonchev–Trinajstić information content (AvgIpc) is 3.72. The predicted molar refractivity (Wildman–Crippen MR) is 190 cm³/mol. The van der Waals surface area contributed by atoms with Gasteiger partial charge in [-0.15, -0.1) is 45.3 Å². The summed E-state index contributed by atoms with van der Waals surface area (Å²) in [6.45, 7) is 10.8. The molecule has 0 saturated heterocycles. The summed E-state index contributed by atoms with van der Waals surface area (Å²) in [4.78, 5) is 18.6. The Bertz CT molecular complexity index is 1550.